The predicted octanol–water partition coefficient (Wildman–Crippen LogP) is 6.28. The first-order valence-electron chi connectivity index (χ1n) is 6.47. The second-order valence-electron chi connectivity index (χ2n) is 4.75. The number of hydrogen-bond acceptors (Lipinski definition) is 1. The van der Waals surface area contributed by atoms with E-state index in [1.165, 1.54) is 0 Å². The molecule has 0 unspecified atom stereocenters. The van der Waals surface area contributed by atoms with Gasteiger partial charge in [-0.2, -0.15) is 0 Å². The number of imidazole rings is 1. The average Bonchev–Trinajstić information content (AvgIpc) is 2.95. The highest BCUT2D eigenvalue weighted by molar-refractivity contribution is 6.42. The number of nitrogens with zero attached hydrogens (tertiary/aromatic N) is 1. The first kappa shape index (κ1) is 15.7. The van der Waals surface area contributed by atoms with Crippen molar-refractivity contribution in [2.24, 2.45) is 0 Å². The van der Waals surface area contributed by atoms with Crippen molar-refractivity contribution in [3.8, 4) is 11.3 Å². The third-order valence-electron chi connectivity index (χ3n) is 3.26. The van der Waals surface area contributed by atoms with E-state index in [0.29, 0.717) is 26.5 Å². The van der Waals surface area contributed by atoms with Gasteiger partial charge in [0.15, 0.2) is 0 Å². The Morgan fingerprint density at radius 2 is 1.59 bits per heavy atom. The normalized spacial score (nSPS) is 10.9. The quantitative estimate of drug-likeness (QED) is 0.576. The summed E-state index contributed by atoms with van der Waals surface area (Å²) in [7, 11) is 0. The van der Waals surface area contributed by atoms with Crippen molar-refractivity contribution >= 4 is 46.4 Å². The lowest BCUT2D eigenvalue weighted by atomic mass is 10.1. The number of H-pyrrole nitrogens is 1. The zero-order valence-corrected chi connectivity index (χ0v) is 14.2. The summed E-state index contributed by atoms with van der Waals surface area (Å²) in [5.41, 5.74) is 2.62. The first-order chi connectivity index (χ1) is 10.5. The van der Waals surface area contributed by atoms with Crippen LogP contribution in [-0.4, -0.2) is 9.97 Å². The number of aromatic amines is 1. The van der Waals surface area contributed by atoms with Gasteiger partial charge in [-0.3, -0.25) is 0 Å². The Kier molecular flexibility index (Phi) is 4.65. The zero-order chi connectivity index (χ0) is 15.7. The standard InChI is InChI=1S/C16H10Cl4N2/c17-11-2-1-3-12(18)10(11)7-16-21-8-15(22-16)9-4-5-13(19)14(20)6-9/h1-6,8H,7H2,(H,21,22). The zero-order valence-electron chi connectivity index (χ0n) is 11.2. The fourth-order valence-corrected chi connectivity index (χ4v) is 2.96. The van der Waals surface area contributed by atoms with E-state index in [1.807, 2.05) is 24.3 Å². The van der Waals surface area contributed by atoms with Crippen molar-refractivity contribution in [1.82, 2.24) is 9.97 Å². The summed E-state index contributed by atoms with van der Waals surface area (Å²) < 4.78 is 0. The molecule has 1 heterocycles. The monoisotopic (exact) mass is 370 g/mol. The van der Waals surface area contributed by atoms with Gasteiger partial charge in [-0.05, 0) is 29.8 Å². The van der Waals surface area contributed by atoms with Crippen LogP contribution in [-0.2, 0) is 6.42 Å². The number of hydrogen-bond donors (Lipinski definition) is 1. The Morgan fingerprint density at radius 3 is 2.27 bits per heavy atom. The van der Waals surface area contributed by atoms with E-state index in [1.54, 1.807) is 18.3 Å². The van der Waals surface area contributed by atoms with Crippen molar-refractivity contribution in [2.75, 3.05) is 0 Å². The van der Waals surface area contributed by atoms with Crippen molar-refractivity contribution in [3.63, 3.8) is 0 Å². The number of nitrogens with one attached hydrogen (secondary N) is 1. The fraction of sp³-hybridized carbons (Fsp3) is 0.0625. The molecule has 0 atom stereocenters. The van der Waals surface area contributed by atoms with Gasteiger partial charge < -0.3 is 4.98 Å². The van der Waals surface area contributed by atoms with E-state index in [4.69, 9.17) is 46.4 Å². The second-order valence-corrected chi connectivity index (χ2v) is 6.38. The number of benzene rings is 2. The fourth-order valence-electron chi connectivity index (χ4n) is 2.13. The molecule has 0 aliphatic heterocycles. The molecule has 0 spiro atoms. The molecular weight excluding hydrogens is 362 g/mol. The SMILES string of the molecule is Clc1ccc(-c2cnc(Cc3c(Cl)cccc3Cl)[nH]2)cc1Cl. The summed E-state index contributed by atoms with van der Waals surface area (Å²) in [5.74, 6) is 0.774. The molecule has 3 aromatic rings. The molecule has 0 saturated heterocycles. The highest BCUT2D eigenvalue weighted by Crippen LogP contribution is 2.29. The topological polar surface area (TPSA) is 28.7 Å². The molecule has 0 aliphatic rings. The first-order valence-corrected chi connectivity index (χ1v) is 7.98. The molecule has 0 radical (unpaired) electrons. The lowest BCUT2D eigenvalue weighted by molar-refractivity contribution is 1.03. The maximum atomic E-state index is 6.18. The molecule has 2 aromatic carbocycles. The van der Waals surface area contributed by atoms with Gasteiger partial charge in [0.2, 0.25) is 0 Å². The summed E-state index contributed by atoms with van der Waals surface area (Å²) in [4.78, 5) is 7.62. The Balaban J connectivity index is 1.89. The van der Waals surface area contributed by atoms with Gasteiger partial charge >= 0.3 is 0 Å². The van der Waals surface area contributed by atoms with Gasteiger partial charge in [0.05, 0.1) is 21.9 Å². The number of halogens is 4. The molecule has 0 bridgehead atoms. The van der Waals surface area contributed by atoms with Crippen LogP contribution in [0, 0.1) is 0 Å². The van der Waals surface area contributed by atoms with Crippen molar-refractivity contribution in [1.29, 1.82) is 0 Å². The molecule has 112 valence electrons. The lowest BCUT2D eigenvalue weighted by Gasteiger charge is -2.04. The van der Waals surface area contributed by atoms with Crippen LogP contribution in [0.2, 0.25) is 20.1 Å². The molecule has 0 saturated carbocycles. The highest BCUT2D eigenvalue weighted by Gasteiger charge is 2.10. The number of rotatable bonds is 3. The summed E-state index contributed by atoms with van der Waals surface area (Å²) in [6.45, 7) is 0. The van der Waals surface area contributed by atoms with Gasteiger partial charge in [0.25, 0.3) is 0 Å². The smallest absolute Gasteiger partial charge is 0.111 e. The van der Waals surface area contributed by atoms with Gasteiger partial charge in [0.1, 0.15) is 5.82 Å². The van der Waals surface area contributed by atoms with Gasteiger partial charge in [-0.1, -0.05) is 58.5 Å². The number of aromatic nitrogens is 2. The molecule has 2 nitrogen and oxygen atoms in total. The summed E-state index contributed by atoms with van der Waals surface area (Å²) in [6.07, 6.45) is 2.28. The maximum absolute atomic E-state index is 6.18. The third kappa shape index (κ3) is 3.26. The van der Waals surface area contributed by atoms with Crippen LogP contribution in [0.15, 0.2) is 42.6 Å². The predicted molar refractivity (Wildman–Crippen MR) is 93.3 cm³/mol. The van der Waals surface area contributed by atoms with E-state index >= 15 is 0 Å². The summed E-state index contributed by atoms with van der Waals surface area (Å²) in [5, 5.41) is 2.28. The van der Waals surface area contributed by atoms with Crippen molar-refractivity contribution < 1.29 is 0 Å². The van der Waals surface area contributed by atoms with Gasteiger partial charge in [0, 0.05) is 22.0 Å². The Morgan fingerprint density at radius 1 is 0.864 bits per heavy atom. The van der Waals surface area contributed by atoms with Crippen LogP contribution in [0.4, 0.5) is 0 Å². The largest absolute Gasteiger partial charge is 0.342 e. The van der Waals surface area contributed by atoms with E-state index < -0.39 is 0 Å². The minimum absolute atomic E-state index is 0.504. The minimum Gasteiger partial charge on any atom is -0.342 e. The average molecular weight is 372 g/mol. The molecule has 1 aromatic heterocycles. The summed E-state index contributed by atoms with van der Waals surface area (Å²) >= 11 is 24.3. The van der Waals surface area contributed by atoms with Crippen molar-refractivity contribution in [2.45, 2.75) is 6.42 Å². The summed E-state index contributed by atoms with van der Waals surface area (Å²) in [6, 6.07) is 10.9. The highest BCUT2D eigenvalue weighted by atomic mass is 35.5. The molecule has 0 aliphatic carbocycles. The van der Waals surface area contributed by atoms with Crippen LogP contribution in [0.1, 0.15) is 11.4 Å². The molecule has 0 amide bonds. The molecule has 22 heavy (non-hydrogen) atoms. The molecule has 0 fully saturated rings. The minimum atomic E-state index is 0.504. The van der Waals surface area contributed by atoms with Crippen LogP contribution in [0.5, 0.6) is 0 Å². The maximum Gasteiger partial charge on any atom is 0.111 e. The van der Waals surface area contributed by atoms with E-state index in [0.717, 1.165) is 22.6 Å². The van der Waals surface area contributed by atoms with E-state index in [-0.39, 0.29) is 0 Å². The van der Waals surface area contributed by atoms with Crippen LogP contribution in [0.3, 0.4) is 0 Å². The third-order valence-corrected chi connectivity index (χ3v) is 4.71. The Hall–Kier alpha value is -1.19. The molecule has 6 heteroatoms. The van der Waals surface area contributed by atoms with E-state index in [9.17, 15) is 0 Å². The van der Waals surface area contributed by atoms with Gasteiger partial charge in [-0.15, -0.1) is 0 Å². The van der Waals surface area contributed by atoms with Gasteiger partial charge in [-0.25, -0.2) is 4.98 Å². The molecular formula is C16H10Cl4N2. The Labute approximate surface area is 148 Å². The van der Waals surface area contributed by atoms with Crippen LogP contribution < -0.4 is 0 Å². The van der Waals surface area contributed by atoms with E-state index in [2.05, 4.69) is 9.97 Å². The molecule has 1 N–H and O–H groups in total. The molecule has 3 rings (SSSR count). The Bertz CT molecular complexity index is 807. The van der Waals surface area contributed by atoms with Crippen LogP contribution >= 0.6 is 46.4 Å². The second kappa shape index (κ2) is 6.51. The van der Waals surface area contributed by atoms with Crippen LogP contribution in [0.25, 0.3) is 11.3 Å². The van der Waals surface area contributed by atoms with Crippen molar-refractivity contribution in [3.05, 3.63) is 74.1 Å². The lowest BCUT2D eigenvalue weighted by Crippen LogP contribution is -1.93.